The van der Waals surface area contributed by atoms with Crippen LogP contribution in [0.4, 0.5) is 10.5 Å². The Kier molecular flexibility index (Phi) is 4.30. The van der Waals surface area contributed by atoms with E-state index >= 15 is 0 Å². The van der Waals surface area contributed by atoms with Crippen LogP contribution in [0, 0.1) is 0 Å². The van der Waals surface area contributed by atoms with Crippen molar-refractivity contribution >= 4 is 17.7 Å². The van der Waals surface area contributed by atoms with Crippen LogP contribution in [0.1, 0.15) is 33.6 Å². The minimum Gasteiger partial charge on any atom is -0.497 e. The first-order chi connectivity index (χ1) is 10.2. The predicted octanol–water partition coefficient (Wildman–Crippen LogP) is 2.69. The number of methoxy groups -OCH3 is 1. The van der Waals surface area contributed by atoms with E-state index in [4.69, 9.17) is 9.47 Å². The molecule has 0 aromatic heterocycles. The Morgan fingerprint density at radius 3 is 2.18 bits per heavy atom. The van der Waals surface area contributed by atoms with Crippen LogP contribution >= 0.6 is 0 Å². The van der Waals surface area contributed by atoms with E-state index in [2.05, 4.69) is 10.6 Å². The summed E-state index contributed by atoms with van der Waals surface area (Å²) >= 11 is 0. The molecule has 1 saturated carbocycles. The minimum absolute atomic E-state index is 0.233. The SMILES string of the molecule is COc1ccc(NC(=O)C2(NC(=O)OC(C)(C)C)CC2)cc1. The van der Waals surface area contributed by atoms with E-state index in [-0.39, 0.29) is 5.91 Å². The molecular weight excluding hydrogens is 284 g/mol. The van der Waals surface area contributed by atoms with E-state index in [0.717, 1.165) is 0 Å². The van der Waals surface area contributed by atoms with E-state index in [0.29, 0.717) is 24.3 Å². The quantitative estimate of drug-likeness (QED) is 0.896. The zero-order valence-electron chi connectivity index (χ0n) is 13.4. The molecule has 2 N–H and O–H groups in total. The predicted molar refractivity (Wildman–Crippen MR) is 83.0 cm³/mol. The third-order valence-corrected chi connectivity index (χ3v) is 3.27. The number of ether oxygens (including phenoxy) is 2. The van der Waals surface area contributed by atoms with Crippen LogP contribution < -0.4 is 15.4 Å². The van der Waals surface area contributed by atoms with Gasteiger partial charge in [0.1, 0.15) is 16.9 Å². The molecule has 0 spiro atoms. The summed E-state index contributed by atoms with van der Waals surface area (Å²) in [5.41, 5.74) is -0.794. The highest BCUT2D eigenvalue weighted by atomic mass is 16.6. The summed E-state index contributed by atoms with van der Waals surface area (Å²) in [6.07, 6.45) is 0.637. The Balaban J connectivity index is 1.95. The van der Waals surface area contributed by atoms with Gasteiger partial charge in [-0.05, 0) is 57.9 Å². The van der Waals surface area contributed by atoms with Gasteiger partial charge in [0.2, 0.25) is 5.91 Å². The van der Waals surface area contributed by atoms with Crippen molar-refractivity contribution in [2.75, 3.05) is 12.4 Å². The van der Waals surface area contributed by atoms with Crippen LogP contribution in [0.2, 0.25) is 0 Å². The van der Waals surface area contributed by atoms with Crippen molar-refractivity contribution in [3.8, 4) is 5.75 Å². The smallest absolute Gasteiger partial charge is 0.408 e. The van der Waals surface area contributed by atoms with Crippen molar-refractivity contribution in [2.24, 2.45) is 0 Å². The van der Waals surface area contributed by atoms with Gasteiger partial charge in [0.15, 0.2) is 0 Å². The Labute approximate surface area is 130 Å². The fourth-order valence-electron chi connectivity index (χ4n) is 1.96. The summed E-state index contributed by atoms with van der Waals surface area (Å²) in [7, 11) is 1.58. The van der Waals surface area contributed by atoms with Gasteiger partial charge in [-0.25, -0.2) is 4.79 Å². The van der Waals surface area contributed by atoms with Crippen LogP contribution in [-0.4, -0.2) is 30.3 Å². The Morgan fingerprint density at radius 1 is 1.14 bits per heavy atom. The number of hydrogen-bond acceptors (Lipinski definition) is 4. The molecule has 2 rings (SSSR count). The molecule has 0 aliphatic heterocycles. The molecule has 1 fully saturated rings. The molecule has 1 aromatic rings. The molecule has 1 aliphatic rings. The van der Waals surface area contributed by atoms with Crippen molar-refractivity contribution in [3.05, 3.63) is 24.3 Å². The zero-order chi connectivity index (χ0) is 16.4. The van der Waals surface area contributed by atoms with Gasteiger partial charge in [0, 0.05) is 5.69 Å². The molecule has 1 aromatic carbocycles. The molecule has 22 heavy (non-hydrogen) atoms. The normalized spacial score (nSPS) is 15.6. The molecular formula is C16H22N2O4. The molecule has 0 heterocycles. The van der Waals surface area contributed by atoms with Crippen molar-refractivity contribution in [3.63, 3.8) is 0 Å². The first-order valence-corrected chi connectivity index (χ1v) is 7.21. The molecule has 0 atom stereocenters. The molecule has 6 heteroatoms. The van der Waals surface area contributed by atoms with Crippen molar-refractivity contribution in [1.29, 1.82) is 0 Å². The van der Waals surface area contributed by atoms with E-state index in [9.17, 15) is 9.59 Å². The molecule has 0 saturated heterocycles. The maximum Gasteiger partial charge on any atom is 0.408 e. The lowest BCUT2D eigenvalue weighted by atomic mass is 10.2. The fourth-order valence-corrected chi connectivity index (χ4v) is 1.96. The molecule has 0 radical (unpaired) electrons. The number of alkyl carbamates (subject to hydrolysis) is 1. The van der Waals surface area contributed by atoms with Crippen LogP contribution in [0.3, 0.4) is 0 Å². The first kappa shape index (κ1) is 16.1. The molecule has 6 nitrogen and oxygen atoms in total. The minimum atomic E-state index is -0.859. The summed E-state index contributed by atoms with van der Waals surface area (Å²) in [6.45, 7) is 5.34. The summed E-state index contributed by atoms with van der Waals surface area (Å²) in [5, 5.41) is 5.47. The largest absolute Gasteiger partial charge is 0.497 e. The number of carbonyl (C=O) groups is 2. The monoisotopic (exact) mass is 306 g/mol. The van der Waals surface area contributed by atoms with E-state index in [1.165, 1.54) is 0 Å². The first-order valence-electron chi connectivity index (χ1n) is 7.21. The van der Waals surface area contributed by atoms with Crippen LogP contribution in [0.25, 0.3) is 0 Å². The van der Waals surface area contributed by atoms with Gasteiger partial charge in [-0.2, -0.15) is 0 Å². The topological polar surface area (TPSA) is 76.7 Å². The summed E-state index contributed by atoms with van der Waals surface area (Å²) in [4.78, 5) is 24.2. The van der Waals surface area contributed by atoms with Crippen LogP contribution in [0.5, 0.6) is 5.75 Å². The highest BCUT2D eigenvalue weighted by Crippen LogP contribution is 2.37. The van der Waals surface area contributed by atoms with Crippen molar-refractivity contribution in [1.82, 2.24) is 5.32 Å². The molecule has 2 amide bonds. The summed E-state index contributed by atoms with van der Waals surface area (Å²) < 4.78 is 10.3. The zero-order valence-corrected chi connectivity index (χ0v) is 13.4. The lowest BCUT2D eigenvalue weighted by molar-refractivity contribution is -0.119. The van der Waals surface area contributed by atoms with E-state index < -0.39 is 17.2 Å². The average Bonchev–Trinajstić information content (AvgIpc) is 3.18. The molecule has 120 valence electrons. The highest BCUT2D eigenvalue weighted by molar-refractivity contribution is 6.02. The lowest BCUT2D eigenvalue weighted by Crippen LogP contribution is -2.47. The van der Waals surface area contributed by atoms with Gasteiger partial charge in [-0.15, -0.1) is 0 Å². The van der Waals surface area contributed by atoms with Gasteiger partial charge in [-0.1, -0.05) is 0 Å². The Morgan fingerprint density at radius 2 is 1.73 bits per heavy atom. The fraction of sp³-hybridized carbons (Fsp3) is 0.500. The van der Waals surface area contributed by atoms with E-state index in [1.54, 1.807) is 52.1 Å². The maximum atomic E-state index is 12.3. The second-order valence-electron chi connectivity index (χ2n) is 6.39. The van der Waals surface area contributed by atoms with Gasteiger partial charge < -0.3 is 20.1 Å². The van der Waals surface area contributed by atoms with Crippen molar-refractivity contribution < 1.29 is 19.1 Å². The molecule has 0 bridgehead atoms. The second kappa shape index (κ2) is 5.87. The lowest BCUT2D eigenvalue weighted by Gasteiger charge is -2.23. The number of amides is 2. The third kappa shape index (κ3) is 4.13. The van der Waals surface area contributed by atoms with Gasteiger partial charge in [0.05, 0.1) is 7.11 Å². The highest BCUT2D eigenvalue weighted by Gasteiger charge is 2.52. The van der Waals surface area contributed by atoms with Gasteiger partial charge >= 0.3 is 6.09 Å². The van der Waals surface area contributed by atoms with Gasteiger partial charge in [0.25, 0.3) is 0 Å². The van der Waals surface area contributed by atoms with Crippen LogP contribution in [-0.2, 0) is 9.53 Å². The molecule has 0 unspecified atom stereocenters. The van der Waals surface area contributed by atoms with Gasteiger partial charge in [-0.3, -0.25) is 4.79 Å². The summed E-state index contributed by atoms with van der Waals surface area (Å²) in [5.74, 6) is 0.481. The number of rotatable bonds is 4. The average molecular weight is 306 g/mol. The number of hydrogen-bond donors (Lipinski definition) is 2. The Bertz CT molecular complexity index is 557. The van der Waals surface area contributed by atoms with Crippen LogP contribution in [0.15, 0.2) is 24.3 Å². The number of nitrogens with one attached hydrogen (secondary N) is 2. The van der Waals surface area contributed by atoms with E-state index in [1.807, 2.05) is 0 Å². The second-order valence-corrected chi connectivity index (χ2v) is 6.39. The Hall–Kier alpha value is -2.24. The number of anilines is 1. The standard InChI is InChI=1S/C16H22N2O4/c1-15(2,3)22-14(20)18-16(9-10-16)13(19)17-11-5-7-12(21-4)8-6-11/h5-8H,9-10H2,1-4H3,(H,17,19)(H,18,20). The molecule has 1 aliphatic carbocycles. The number of carbonyl (C=O) groups excluding carboxylic acids is 2. The number of benzene rings is 1. The maximum absolute atomic E-state index is 12.3. The van der Waals surface area contributed by atoms with Crippen molar-refractivity contribution in [2.45, 2.75) is 44.8 Å². The third-order valence-electron chi connectivity index (χ3n) is 3.27. The summed E-state index contributed by atoms with van der Waals surface area (Å²) in [6, 6.07) is 7.02.